The van der Waals surface area contributed by atoms with E-state index in [1.165, 1.54) is 49.2 Å². The lowest BCUT2D eigenvalue weighted by Crippen LogP contribution is -2.21. The number of fused-ring (bicyclic) bond motifs is 1. The van der Waals surface area contributed by atoms with Crippen LogP contribution in [0.5, 0.6) is 0 Å². The number of anilines is 1. The molecule has 0 radical (unpaired) electrons. The van der Waals surface area contributed by atoms with Crippen molar-refractivity contribution in [3.05, 3.63) is 29.3 Å². The van der Waals surface area contributed by atoms with Crippen molar-refractivity contribution in [1.82, 2.24) is 0 Å². The minimum absolute atomic E-state index is 0.645. The highest BCUT2D eigenvalue weighted by Gasteiger charge is 2.36. The van der Waals surface area contributed by atoms with Crippen LogP contribution in [0, 0.1) is 18.8 Å². The van der Waals surface area contributed by atoms with E-state index in [-0.39, 0.29) is 0 Å². The first-order valence-electron chi connectivity index (χ1n) is 6.82. The standard InChI is InChI=1S/C15H22N2/c1-11-7-12(8-16)5-6-15(11)17-9-13-3-2-4-14(13)10-17/h5-7,13-14H,2-4,8-10,16H2,1H3. The quantitative estimate of drug-likeness (QED) is 0.846. The van der Waals surface area contributed by atoms with Gasteiger partial charge in [-0.3, -0.25) is 0 Å². The van der Waals surface area contributed by atoms with Gasteiger partial charge in [-0.25, -0.2) is 0 Å². The summed E-state index contributed by atoms with van der Waals surface area (Å²) >= 11 is 0. The summed E-state index contributed by atoms with van der Waals surface area (Å²) < 4.78 is 0. The van der Waals surface area contributed by atoms with Crippen molar-refractivity contribution in [3.63, 3.8) is 0 Å². The molecule has 0 amide bonds. The van der Waals surface area contributed by atoms with Crippen LogP contribution in [0.1, 0.15) is 30.4 Å². The number of nitrogens with zero attached hydrogens (tertiary/aromatic N) is 1. The first kappa shape index (κ1) is 11.1. The zero-order valence-corrected chi connectivity index (χ0v) is 10.7. The van der Waals surface area contributed by atoms with Crippen molar-refractivity contribution in [3.8, 4) is 0 Å². The van der Waals surface area contributed by atoms with Crippen LogP contribution in [-0.4, -0.2) is 13.1 Å². The number of rotatable bonds is 2. The van der Waals surface area contributed by atoms with Crippen molar-refractivity contribution < 1.29 is 0 Å². The fraction of sp³-hybridized carbons (Fsp3) is 0.600. The lowest BCUT2D eigenvalue weighted by molar-refractivity contribution is 0.494. The van der Waals surface area contributed by atoms with Gasteiger partial charge in [0.25, 0.3) is 0 Å². The van der Waals surface area contributed by atoms with Gasteiger partial charge in [0.15, 0.2) is 0 Å². The first-order valence-corrected chi connectivity index (χ1v) is 6.82. The molecule has 2 aliphatic rings. The maximum atomic E-state index is 5.68. The summed E-state index contributed by atoms with van der Waals surface area (Å²) in [4.78, 5) is 2.59. The second-order valence-electron chi connectivity index (χ2n) is 5.68. The summed E-state index contributed by atoms with van der Waals surface area (Å²) in [5.74, 6) is 1.92. The van der Waals surface area contributed by atoms with Crippen molar-refractivity contribution in [2.24, 2.45) is 17.6 Å². The largest absolute Gasteiger partial charge is 0.371 e. The summed E-state index contributed by atoms with van der Waals surface area (Å²) in [7, 11) is 0. The average molecular weight is 230 g/mol. The molecule has 2 nitrogen and oxygen atoms in total. The van der Waals surface area contributed by atoms with Crippen LogP contribution < -0.4 is 10.6 Å². The van der Waals surface area contributed by atoms with Gasteiger partial charge in [0, 0.05) is 25.3 Å². The minimum atomic E-state index is 0.645. The van der Waals surface area contributed by atoms with Gasteiger partial charge in [0.2, 0.25) is 0 Å². The third-order valence-corrected chi connectivity index (χ3v) is 4.56. The van der Waals surface area contributed by atoms with E-state index >= 15 is 0 Å². The number of nitrogens with two attached hydrogens (primary N) is 1. The average Bonchev–Trinajstić information content (AvgIpc) is 2.89. The summed E-state index contributed by atoms with van der Waals surface area (Å²) in [6, 6.07) is 6.68. The predicted molar refractivity (Wildman–Crippen MR) is 72.1 cm³/mol. The highest BCUT2D eigenvalue weighted by Crippen LogP contribution is 2.40. The van der Waals surface area contributed by atoms with Gasteiger partial charge in [-0.15, -0.1) is 0 Å². The Bertz CT molecular complexity index is 401. The van der Waals surface area contributed by atoms with Crippen LogP contribution in [0.15, 0.2) is 18.2 Å². The van der Waals surface area contributed by atoms with E-state index in [2.05, 4.69) is 30.0 Å². The Kier molecular flexibility index (Phi) is 2.83. The third-order valence-electron chi connectivity index (χ3n) is 4.56. The number of aryl methyl sites for hydroxylation is 1. The minimum Gasteiger partial charge on any atom is -0.371 e. The molecule has 0 bridgehead atoms. The van der Waals surface area contributed by atoms with E-state index in [1.54, 1.807) is 0 Å². The molecule has 2 atom stereocenters. The van der Waals surface area contributed by atoms with Crippen molar-refractivity contribution in [1.29, 1.82) is 0 Å². The topological polar surface area (TPSA) is 29.3 Å². The second kappa shape index (κ2) is 4.34. The molecule has 1 saturated heterocycles. The molecule has 2 fully saturated rings. The Labute approximate surface area is 104 Å². The summed E-state index contributed by atoms with van der Waals surface area (Å²) in [5.41, 5.74) is 9.73. The van der Waals surface area contributed by atoms with Crippen LogP contribution in [0.3, 0.4) is 0 Å². The van der Waals surface area contributed by atoms with Gasteiger partial charge < -0.3 is 10.6 Å². The highest BCUT2D eigenvalue weighted by atomic mass is 15.2. The van der Waals surface area contributed by atoms with Crippen molar-refractivity contribution in [2.45, 2.75) is 32.7 Å². The van der Waals surface area contributed by atoms with Gasteiger partial charge >= 0.3 is 0 Å². The Morgan fingerprint density at radius 1 is 1.24 bits per heavy atom. The SMILES string of the molecule is Cc1cc(CN)ccc1N1CC2CCCC2C1. The van der Waals surface area contributed by atoms with Gasteiger partial charge in [0.1, 0.15) is 0 Å². The molecule has 0 aromatic heterocycles. The molecule has 17 heavy (non-hydrogen) atoms. The number of hydrogen-bond donors (Lipinski definition) is 1. The zero-order chi connectivity index (χ0) is 11.8. The molecule has 1 aliphatic heterocycles. The molecular formula is C15H22N2. The predicted octanol–water partition coefficient (Wildman–Crippen LogP) is 2.69. The normalized spacial score (nSPS) is 27.5. The van der Waals surface area contributed by atoms with Crippen LogP contribution in [0.4, 0.5) is 5.69 Å². The smallest absolute Gasteiger partial charge is 0.0396 e. The van der Waals surface area contributed by atoms with E-state index < -0.39 is 0 Å². The van der Waals surface area contributed by atoms with Crippen molar-refractivity contribution in [2.75, 3.05) is 18.0 Å². The summed E-state index contributed by atoms with van der Waals surface area (Å²) in [5, 5.41) is 0. The van der Waals surface area contributed by atoms with Gasteiger partial charge in [-0.05, 0) is 48.8 Å². The first-order chi connectivity index (χ1) is 8.28. The molecule has 3 rings (SSSR count). The van der Waals surface area contributed by atoms with Crippen LogP contribution in [-0.2, 0) is 6.54 Å². The second-order valence-corrected chi connectivity index (χ2v) is 5.68. The fourth-order valence-corrected chi connectivity index (χ4v) is 3.63. The fourth-order valence-electron chi connectivity index (χ4n) is 3.63. The molecular weight excluding hydrogens is 208 g/mol. The van der Waals surface area contributed by atoms with Gasteiger partial charge in [0.05, 0.1) is 0 Å². The molecule has 0 spiro atoms. The van der Waals surface area contributed by atoms with Gasteiger partial charge in [-0.1, -0.05) is 18.6 Å². The molecule has 2 N–H and O–H groups in total. The molecule has 92 valence electrons. The Morgan fingerprint density at radius 2 is 1.94 bits per heavy atom. The Morgan fingerprint density at radius 3 is 2.53 bits per heavy atom. The van der Waals surface area contributed by atoms with Gasteiger partial charge in [-0.2, -0.15) is 0 Å². The van der Waals surface area contributed by atoms with Crippen molar-refractivity contribution >= 4 is 5.69 Å². The van der Waals surface area contributed by atoms with E-state index in [1.807, 2.05) is 0 Å². The molecule has 2 heteroatoms. The van der Waals surface area contributed by atoms with E-state index in [9.17, 15) is 0 Å². The molecule has 1 saturated carbocycles. The van der Waals surface area contributed by atoms with E-state index in [4.69, 9.17) is 5.73 Å². The molecule has 1 heterocycles. The van der Waals surface area contributed by atoms with Crippen LogP contribution in [0.2, 0.25) is 0 Å². The van der Waals surface area contributed by atoms with E-state index in [0.717, 1.165) is 11.8 Å². The lowest BCUT2D eigenvalue weighted by atomic mass is 10.0. The highest BCUT2D eigenvalue weighted by molar-refractivity contribution is 5.55. The lowest BCUT2D eigenvalue weighted by Gasteiger charge is -2.22. The molecule has 1 aliphatic carbocycles. The number of hydrogen-bond acceptors (Lipinski definition) is 2. The summed E-state index contributed by atoms with van der Waals surface area (Å²) in [6.45, 7) is 5.40. The Balaban J connectivity index is 1.81. The van der Waals surface area contributed by atoms with Crippen LogP contribution >= 0.6 is 0 Å². The number of benzene rings is 1. The monoisotopic (exact) mass is 230 g/mol. The van der Waals surface area contributed by atoms with E-state index in [0.29, 0.717) is 6.54 Å². The maximum Gasteiger partial charge on any atom is 0.0396 e. The molecule has 1 aromatic rings. The third kappa shape index (κ3) is 1.95. The molecule has 2 unspecified atom stereocenters. The molecule has 1 aromatic carbocycles. The Hall–Kier alpha value is -1.02. The maximum absolute atomic E-state index is 5.68. The van der Waals surface area contributed by atoms with Crippen LogP contribution in [0.25, 0.3) is 0 Å². The zero-order valence-electron chi connectivity index (χ0n) is 10.7. The summed E-state index contributed by atoms with van der Waals surface area (Å²) in [6.07, 6.45) is 4.34.